The minimum Gasteiger partial charge on any atom is -0.508 e. The maximum absolute atomic E-state index is 12.9. The first-order valence-electron chi connectivity index (χ1n) is 10.7. The first-order valence-corrected chi connectivity index (χ1v) is 10.7. The van der Waals surface area contributed by atoms with Crippen molar-refractivity contribution >= 4 is 22.8 Å². The maximum atomic E-state index is 12.9. The quantitative estimate of drug-likeness (QED) is 0.332. The van der Waals surface area contributed by atoms with Gasteiger partial charge in [0.25, 0.3) is 0 Å². The van der Waals surface area contributed by atoms with Gasteiger partial charge in [-0.2, -0.15) is 5.26 Å². The summed E-state index contributed by atoms with van der Waals surface area (Å²) in [6.45, 7) is 0.614. The van der Waals surface area contributed by atoms with Crippen LogP contribution in [0.1, 0.15) is 28.8 Å². The summed E-state index contributed by atoms with van der Waals surface area (Å²) in [6.07, 6.45) is 9.69. The number of methoxy groups -OCH3 is 1. The number of allylic oxidation sites excluding steroid dienone is 1. The summed E-state index contributed by atoms with van der Waals surface area (Å²) in [4.78, 5) is 21.2. The highest BCUT2D eigenvalue weighted by molar-refractivity contribution is 6.15. The van der Waals surface area contributed by atoms with Gasteiger partial charge in [-0.05, 0) is 36.8 Å². The second-order valence-corrected chi connectivity index (χ2v) is 7.86. The number of phenols is 1. The first kappa shape index (κ1) is 21.2. The van der Waals surface area contributed by atoms with Gasteiger partial charge < -0.3 is 19.1 Å². The Hall–Kier alpha value is -4.64. The molecule has 0 atom stereocenters. The number of aromatic hydroxyl groups is 1. The fraction of sp³-hybridized carbons (Fsp3) is 0.154. The van der Waals surface area contributed by atoms with Crippen LogP contribution in [0.25, 0.3) is 28.1 Å². The minimum atomic E-state index is -0.250. The molecule has 2 aromatic carbocycles. The molecule has 0 saturated carbocycles. The van der Waals surface area contributed by atoms with Crippen LogP contribution in [0.2, 0.25) is 0 Å². The molecule has 3 heterocycles. The second-order valence-electron chi connectivity index (χ2n) is 7.86. The molecule has 0 radical (unpaired) electrons. The van der Waals surface area contributed by atoms with Crippen LogP contribution in [0, 0.1) is 11.3 Å². The smallest absolute Gasteiger partial charge is 0.231 e. The molecular formula is C26H20N4O4. The molecule has 1 aliphatic heterocycles. The number of unbranched alkanes of at least 4 members (excludes halogenated alkanes) is 1. The number of carbonyl (C=O) groups excluding carboxylic acids is 1. The number of hydrogen-bond donors (Lipinski definition) is 1. The Morgan fingerprint density at radius 2 is 2.03 bits per heavy atom. The maximum Gasteiger partial charge on any atom is 0.231 e. The number of ketones is 1. The van der Waals surface area contributed by atoms with E-state index in [1.807, 2.05) is 18.3 Å². The Morgan fingerprint density at radius 3 is 2.79 bits per heavy atom. The highest BCUT2D eigenvalue weighted by atomic mass is 16.5. The Morgan fingerprint density at radius 1 is 1.21 bits per heavy atom. The first-order chi connectivity index (χ1) is 16.6. The average molecular weight is 452 g/mol. The number of nitriles is 1. The van der Waals surface area contributed by atoms with Crippen molar-refractivity contribution < 1.29 is 19.4 Å². The van der Waals surface area contributed by atoms with E-state index in [2.05, 4.69) is 20.6 Å². The highest BCUT2D eigenvalue weighted by Crippen LogP contribution is 2.39. The summed E-state index contributed by atoms with van der Waals surface area (Å²) in [5, 5.41) is 19.6. The van der Waals surface area contributed by atoms with E-state index in [9.17, 15) is 9.90 Å². The molecule has 34 heavy (non-hydrogen) atoms. The number of carbonyl (C=O) groups is 1. The van der Waals surface area contributed by atoms with E-state index in [0.29, 0.717) is 36.4 Å². The molecule has 8 nitrogen and oxygen atoms in total. The van der Waals surface area contributed by atoms with Crippen LogP contribution in [-0.4, -0.2) is 32.5 Å². The van der Waals surface area contributed by atoms with Gasteiger partial charge in [0.05, 0.1) is 24.3 Å². The molecule has 0 bridgehead atoms. The zero-order valence-electron chi connectivity index (χ0n) is 18.4. The topological polar surface area (TPSA) is 110 Å². The third-order valence-electron chi connectivity index (χ3n) is 5.71. The minimum absolute atomic E-state index is 0.0290. The van der Waals surface area contributed by atoms with E-state index in [-0.39, 0.29) is 17.3 Å². The van der Waals surface area contributed by atoms with Gasteiger partial charge in [-0.15, -0.1) is 0 Å². The normalized spacial score (nSPS) is 13.6. The van der Waals surface area contributed by atoms with Crippen LogP contribution in [0.15, 0.2) is 61.0 Å². The number of Topliss-reactive ketones (excluding diaryl/α,β-unsaturated/α-hetero) is 1. The van der Waals surface area contributed by atoms with Crippen molar-refractivity contribution in [1.29, 1.82) is 5.26 Å². The molecule has 0 saturated heterocycles. The van der Waals surface area contributed by atoms with Crippen LogP contribution >= 0.6 is 0 Å². The number of phenolic OH excluding ortho intramolecular Hbond substituents is 1. The molecule has 0 aliphatic carbocycles. The van der Waals surface area contributed by atoms with Crippen LogP contribution in [0.3, 0.4) is 0 Å². The average Bonchev–Trinajstić information content (AvgIpc) is 3.36. The van der Waals surface area contributed by atoms with Crippen molar-refractivity contribution in [3.05, 3.63) is 72.1 Å². The second kappa shape index (κ2) is 8.71. The third kappa shape index (κ3) is 3.73. The van der Waals surface area contributed by atoms with E-state index < -0.39 is 0 Å². The van der Waals surface area contributed by atoms with E-state index in [1.54, 1.807) is 31.6 Å². The lowest BCUT2D eigenvalue weighted by Gasteiger charge is -2.11. The Kier molecular flexibility index (Phi) is 5.44. The Bertz CT molecular complexity index is 1480. The van der Waals surface area contributed by atoms with Crippen molar-refractivity contribution in [3.8, 4) is 34.4 Å². The van der Waals surface area contributed by atoms with Gasteiger partial charge in [-0.3, -0.25) is 4.79 Å². The molecule has 4 aromatic rings. The van der Waals surface area contributed by atoms with Gasteiger partial charge >= 0.3 is 0 Å². The summed E-state index contributed by atoms with van der Waals surface area (Å²) in [5.41, 5.74) is 3.79. The zero-order valence-corrected chi connectivity index (χ0v) is 18.4. The van der Waals surface area contributed by atoms with Crippen molar-refractivity contribution in [2.24, 2.45) is 0 Å². The standard InChI is InChI=1S/C26H20N4O4/c1-33-19-10-21-16(8-24-26(32)20-5-4-18(31)9-23(20)34-24)14-30(7-3-2-6-27)25(21)22(11-19)17-12-28-15-29-13-17/h4-5,8-15,31H,2-3,7H2,1H3. The number of benzene rings is 2. The SMILES string of the molecule is COc1cc(-c2cncnc2)c2c(c1)c(C=C1Oc3cc(O)ccc3C1=O)cn2CCCC#N. The fourth-order valence-electron chi connectivity index (χ4n) is 4.15. The largest absolute Gasteiger partial charge is 0.508 e. The van der Waals surface area contributed by atoms with E-state index in [0.717, 1.165) is 27.6 Å². The number of aromatic nitrogens is 3. The molecular weight excluding hydrogens is 432 g/mol. The molecule has 0 amide bonds. The van der Waals surface area contributed by atoms with Crippen LogP contribution in [0.4, 0.5) is 0 Å². The predicted molar refractivity (Wildman–Crippen MR) is 125 cm³/mol. The van der Waals surface area contributed by atoms with Crippen LogP contribution in [-0.2, 0) is 6.54 Å². The van der Waals surface area contributed by atoms with Crippen molar-refractivity contribution in [2.75, 3.05) is 7.11 Å². The van der Waals surface area contributed by atoms with Gasteiger partial charge in [-0.1, -0.05) is 0 Å². The summed E-state index contributed by atoms with van der Waals surface area (Å²) < 4.78 is 13.4. The van der Waals surface area contributed by atoms with Crippen LogP contribution in [0.5, 0.6) is 17.2 Å². The Labute approximate surface area is 195 Å². The molecule has 0 unspecified atom stereocenters. The van der Waals surface area contributed by atoms with Gasteiger partial charge in [0.15, 0.2) is 5.76 Å². The lowest BCUT2D eigenvalue weighted by atomic mass is 10.0. The number of hydrogen-bond acceptors (Lipinski definition) is 7. The number of ether oxygens (including phenoxy) is 2. The molecule has 2 aromatic heterocycles. The number of rotatable bonds is 6. The predicted octanol–water partition coefficient (Wildman–Crippen LogP) is 4.73. The van der Waals surface area contributed by atoms with Crippen molar-refractivity contribution in [1.82, 2.24) is 14.5 Å². The highest BCUT2D eigenvalue weighted by Gasteiger charge is 2.28. The molecule has 5 rings (SSSR count). The number of fused-ring (bicyclic) bond motifs is 2. The molecule has 0 spiro atoms. The summed E-state index contributed by atoms with van der Waals surface area (Å²) in [7, 11) is 1.60. The van der Waals surface area contributed by atoms with Crippen molar-refractivity contribution in [3.63, 3.8) is 0 Å². The van der Waals surface area contributed by atoms with Crippen molar-refractivity contribution in [2.45, 2.75) is 19.4 Å². The summed E-state index contributed by atoms with van der Waals surface area (Å²) >= 11 is 0. The van der Waals surface area contributed by atoms with Crippen LogP contribution < -0.4 is 9.47 Å². The summed E-state index contributed by atoms with van der Waals surface area (Å²) in [6, 6.07) is 10.5. The lowest BCUT2D eigenvalue weighted by Crippen LogP contribution is -1.98. The summed E-state index contributed by atoms with van der Waals surface area (Å²) in [5.74, 6) is 0.923. The third-order valence-corrected chi connectivity index (χ3v) is 5.71. The zero-order chi connectivity index (χ0) is 23.7. The number of aryl methyl sites for hydroxylation is 1. The monoisotopic (exact) mass is 452 g/mol. The van der Waals surface area contributed by atoms with Gasteiger partial charge in [0.1, 0.15) is 23.6 Å². The molecule has 0 fully saturated rings. The lowest BCUT2D eigenvalue weighted by molar-refractivity contribution is 0.101. The van der Waals surface area contributed by atoms with E-state index in [4.69, 9.17) is 14.7 Å². The van der Waals surface area contributed by atoms with Gasteiger partial charge in [-0.25, -0.2) is 9.97 Å². The van der Waals surface area contributed by atoms with Gasteiger partial charge in [0.2, 0.25) is 5.78 Å². The molecule has 1 aliphatic rings. The molecule has 168 valence electrons. The Balaban J connectivity index is 1.69. The van der Waals surface area contributed by atoms with E-state index in [1.165, 1.54) is 18.5 Å². The van der Waals surface area contributed by atoms with E-state index >= 15 is 0 Å². The number of nitrogens with zero attached hydrogens (tertiary/aromatic N) is 4. The van der Waals surface area contributed by atoms with Gasteiger partial charge in [0, 0.05) is 59.7 Å². The fourth-order valence-corrected chi connectivity index (χ4v) is 4.15. The molecule has 1 N–H and O–H groups in total. The molecule has 8 heteroatoms.